The lowest BCUT2D eigenvalue weighted by Crippen LogP contribution is -2.60. The van der Waals surface area contributed by atoms with Crippen LogP contribution in [0.2, 0.25) is 0 Å². The number of carbonyl (C=O) groups excluding carboxylic acids is 3. The molecule has 3 heterocycles. The first-order valence-corrected chi connectivity index (χ1v) is 14.2. The number of amides is 4. The summed E-state index contributed by atoms with van der Waals surface area (Å²) < 4.78 is 27.3. The van der Waals surface area contributed by atoms with E-state index in [1.807, 2.05) is 42.2 Å². The normalized spacial score (nSPS) is 30.3. The van der Waals surface area contributed by atoms with Crippen LogP contribution < -0.4 is 5.32 Å². The molecule has 1 aromatic carbocycles. The Balaban J connectivity index is 1.27. The van der Waals surface area contributed by atoms with Crippen LogP contribution in [0.3, 0.4) is 0 Å². The van der Waals surface area contributed by atoms with E-state index >= 15 is 0 Å². The van der Waals surface area contributed by atoms with Gasteiger partial charge < -0.3 is 10.2 Å². The maximum Gasteiger partial charge on any atom is 0.327 e. The molecule has 1 aromatic rings. The fraction of sp³-hybridized carbons (Fsp3) is 0.690. The fourth-order valence-corrected chi connectivity index (χ4v) is 7.37. The average Bonchev–Trinajstić information content (AvgIpc) is 3.24. The summed E-state index contributed by atoms with van der Waals surface area (Å²) in [6, 6.07) is 9.87. The van der Waals surface area contributed by atoms with Crippen molar-refractivity contribution in [2.45, 2.75) is 101 Å². The van der Waals surface area contributed by atoms with Gasteiger partial charge in [0.05, 0.1) is 6.04 Å². The highest BCUT2D eigenvalue weighted by molar-refractivity contribution is 6.07. The number of nitrogens with zero attached hydrogens (tertiary/aromatic N) is 3. The zero-order chi connectivity index (χ0) is 27.1. The Kier molecular flexibility index (Phi) is 7.50. The van der Waals surface area contributed by atoms with Crippen molar-refractivity contribution in [2.24, 2.45) is 5.92 Å². The summed E-state index contributed by atoms with van der Waals surface area (Å²) in [5.74, 6) is -3.24. The van der Waals surface area contributed by atoms with Gasteiger partial charge in [-0.1, -0.05) is 37.3 Å². The predicted octanol–water partition coefficient (Wildman–Crippen LogP) is 4.73. The molecule has 0 radical (unpaired) electrons. The van der Waals surface area contributed by atoms with Crippen molar-refractivity contribution in [2.75, 3.05) is 20.1 Å². The standard InChI is InChI=1S/C29H40F2N4O3/c1-3-16-35-27(38)33(2)26(37)28(35)18-22-9-10-23(19-28)34(22)17-13-24(20-7-5-4-6-8-20)32-25(36)21-11-14-29(30,31)15-12-21/h4-8,21-24H,3,9-19H2,1-2H3,(H,32,36). The van der Waals surface area contributed by atoms with Gasteiger partial charge >= 0.3 is 6.03 Å². The maximum absolute atomic E-state index is 13.6. The summed E-state index contributed by atoms with van der Waals surface area (Å²) in [6.45, 7) is 3.38. The molecule has 4 fully saturated rings. The molecule has 9 heteroatoms. The fourth-order valence-electron chi connectivity index (χ4n) is 7.37. The van der Waals surface area contributed by atoms with Crippen molar-refractivity contribution in [1.29, 1.82) is 0 Å². The van der Waals surface area contributed by atoms with Gasteiger partial charge in [-0.25, -0.2) is 13.6 Å². The predicted molar refractivity (Wildman–Crippen MR) is 139 cm³/mol. The molecule has 2 bridgehead atoms. The Bertz CT molecular complexity index is 1030. The van der Waals surface area contributed by atoms with Crippen LogP contribution in [-0.2, 0) is 9.59 Å². The van der Waals surface area contributed by atoms with E-state index in [4.69, 9.17) is 0 Å². The van der Waals surface area contributed by atoms with Crippen LogP contribution in [0.15, 0.2) is 30.3 Å². The number of likely N-dealkylation sites (N-methyl/N-ethyl adjacent to an activating group) is 1. The smallest absolute Gasteiger partial charge is 0.327 e. The molecule has 7 nitrogen and oxygen atoms in total. The number of alkyl halides is 2. The van der Waals surface area contributed by atoms with Gasteiger partial charge in [-0.2, -0.15) is 0 Å². The van der Waals surface area contributed by atoms with Gasteiger partial charge in [0, 0.05) is 51.0 Å². The van der Waals surface area contributed by atoms with E-state index in [0.717, 1.165) is 31.4 Å². The number of hydrogen-bond donors (Lipinski definition) is 1. The third-order valence-electron chi connectivity index (χ3n) is 9.38. The molecule has 1 N–H and O–H groups in total. The topological polar surface area (TPSA) is 73.0 Å². The molecule has 3 atom stereocenters. The number of halogens is 2. The minimum absolute atomic E-state index is 0.0695. The van der Waals surface area contributed by atoms with Gasteiger partial charge in [0.1, 0.15) is 5.54 Å². The third-order valence-corrected chi connectivity index (χ3v) is 9.38. The molecule has 5 rings (SSSR count). The molecule has 1 saturated carbocycles. The maximum atomic E-state index is 13.6. The Morgan fingerprint density at radius 1 is 1.03 bits per heavy atom. The van der Waals surface area contributed by atoms with E-state index in [1.165, 1.54) is 4.90 Å². The van der Waals surface area contributed by atoms with Gasteiger partial charge in [-0.05, 0) is 56.9 Å². The summed E-state index contributed by atoms with van der Waals surface area (Å²) in [7, 11) is 1.59. The van der Waals surface area contributed by atoms with Gasteiger partial charge in [0.2, 0.25) is 11.8 Å². The number of benzene rings is 1. The lowest BCUT2D eigenvalue weighted by atomic mass is 9.81. The minimum Gasteiger partial charge on any atom is -0.349 e. The second-order valence-electron chi connectivity index (χ2n) is 11.8. The van der Waals surface area contributed by atoms with Crippen molar-refractivity contribution in [1.82, 2.24) is 20.0 Å². The van der Waals surface area contributed by atoms with Crippen molar-refractivity contribution in [3.63, 3.8) is 0 Å². The van der Waals surface area contributed by atoms with E-state index in [2.05, 4.69) is 10.2 Å². The van der Waals surface area contributed by atoms with Gasteiger partial charge in [0.15, 0.2) is 0 Å². The van der Waals surface area contributed by atoms with Crippen molar-refractivity contribution in [3.8, 4) is 0 Å². The van der Waals surface area contributed by atoms with Gasteiger partial charge in [-0.3, -0.25) is 19.4 Å². The third kappa shape index (κ3) is 4.94. The van der Waals surface area contributed by atoms with Crippen LogP contribution in [0.25, 0.3) is 0 Å². The molecule has 4 amide bonds. The molecule has 3 saturated heterocycles. The number of imide groups is 1. The summed E-state index contributed by atoms with van der Waals surface area (Å²) in [6.07, 6.45) is 4.77. The van der Waals surface area contributed by atoms with Crippen molar-refractivity contribution >= 4 is 17.8 Å². The molecule has 4 aliphatic rings. The molecule has 0 aromatic heterocycles. The Morgan fingerprint density at radius 3 is 2.26 bits per heavy atom. The van der Waals surface area contributed by atoms with Crippen LogP contribution in [0, 0.1) is 5.92 Å². The average molecular weight is 531 g/mol. The molecule has 1 aliphatic carbocycles. The second kappa shape index (κ2) is 10.5. The van der Waals surface area contributed by atoms with Crippen molar-refractivity contribution < 1.29 is 23.2 Å². The van der Waals surface area contributed by atoms with E-state index in [9.17, 15) is 23.2 Å². The molecule has 3 aliphatic heterocycles. The lowest BCUT2D eigenvalue weighted by molar-refractivity contribution is -0.136. The molecule has 38 heavy (non-hydrogen) atoms. The summed E-state index contributed by atoms with van der Waals surface area (Å²) >= 11 is 0. The van der Waals surface area contributed by atoms with E-state index in [1.54, 1.807) is 7.05 Å². The van der Waals surface area contributed by atoms with Crippen LogP contribution in [-0.4, -0.2) is 76.2 Å². The van der Waals surface area contributed by atoms with E-state index < -0.39 is 11.5 Å². The first kappa shape index (κ1) is 27.0. The van der Waals surface area contributed by atoms with E-state index in [-0.39, 0.29) is 67.6 Å². The van der Waals surface area contributed by atoms with Crippen LogP contribution >= 0.6 is 0 Å². The van der Waals surface area contributed by atoms with Crippen LogP contribution in [0.5, 0.6) is 0 Å². The largest absolute Gasteiger partial charge is 0.349 e. The second-order valence-corrected chi connectivity index (χ2v) is 11.8. The number of urea groups is 1. The summed E-state index contributed by atoms with van der Waals surface area (Å²) in [5, 5.41) is 3.19. The molecular weight excluding hydrogens is 490 g/mol. The number of piperidine rings is 1. The molecule has 1 spiro atoms. The first-order chi connectivity index (χ1) is 18.1. The quantitative estimate of drug-likeness (QED) is 0.494. The van der Waals surface area contributed by atoms with Crippen molar-refractivity contribution in [3.05, 3.63) is 35.9 Å². The van der Waals surface area contributed by atoms with E-state index in [0.29, 0.717) is 25.8 Å². The highest BCUT2D eigenvalue weighted by Gasteiger charge is 2.61. The summed E-state index contributed by atoms with van der Waals surface area (Å²) in [4.78, 5) is 44.9. The number of rotatable bonds is 8. The van der Waals surface area contributed by atoms with Gasteiger partial charge in [-0.15, -0.1) is 0 Å². The number of fused-ring (bicyclic) bond motifs is 2. The zero-order valence-electron chi connectivity index (χ0n) is 22.5. The molecular formula is C29H40F2N4O3. The first-order valence-electron chi connectivity index (χ1n) is 14.2. The Morgan fingerprint density at radius 2 is 1.66 bits per heavy atom. The van der Waals surface area contributed by atoms with Gasteiger partial charge in [0.25, 0.3) is 5.91 Å². The highest BCUT2D eigenvalue weighted by atomic mass is 19.3. The summed E-state index contributed by atoms with van der Waals surface area (Å²) in [5.41, 5.74) is 0.274. The Hall–Kier alpha value is -2.55. The van der Waals surface area contributed by atoms with Crippen LogP contribution in [0.1, 0.15) is 82.7 Å². The SMILES string of the molecule is CCCN1C(=O)N(C)C(=O)C12CC1CCC(C2)N1CCC(NC(=O)C1CCC(F)(F)CC1)c1ccccc1. The minimum atomic E-state index is -2.66. The zero-order valence-corrected chi connectivity index (χ0v) is 22.5. The number of nitrogens with one attached hydrogen (secondary N) is 1. The molecule has 3 unspecified atom stereocenters. The lowest BCUT2D eigenvalue weighted by Gasteiger charge is -2.47. The number of carbonyl (C=O) groups is 3. The Labute approximate surface area is 223 Å². The molecule has 208 valence electrons. The monoisotopic (exact) mass is 530 g/mol. The van der Waals surface area contributed by atoms with Crippen LogP contribution in [0.4, 0.5) is 13.6 Å². The number of hydrogen-bond acceptors (Lipinski definition) is 4. The highest BCUT2D eigenvalue weighted by Crippen LogP contribution is 2.47.